The van der Waals surface area contributed by atoms with Crippen LogP contribution in [0, 0.1) is 5.92 Å². The van der Waals surface area contributed by atoms with Gasteiger partial charge in [0.05, 0.1) is 14.2 Å². The van der Waals surface area contributed by atoms with E-state index in [1.807, 2.05) is 18.2 Å². The fourth-order valence-electron chi connectivity index (χ4n) is 2.85. The molecule has 19 heavy (non-hydrogen) atoms. The summed E-state index contributed by atoms with van der Waals surface area (Å²) in [5.74, 6) is 2.09. The van der Waals surface area contributed by atoms with E-state index in [2.05, 4.69) is 0 Å². The molecule has 1 aliphatic carbocycles. The van der Waals surface area contributed by atoms with Crippen molar-refractivity contribution in [1.82, 2.24) is 0 Å². The lowest BCUT2D eigenvalue weighted by atomic mass is 9.79. The fourth-order valence-corrected chi connectivity index (χ4v) is 2.85. The molecule has 1 aromatic rings. The Labute approximate surface area is 115 Å². The zero-order valence-corrected chi connectivity index (χ0v) is 11.8. The highest BCUT2D eigenvalue weighted by Gasteiger charge is 2.26. The van der Waals surface area contributed by atoms with Crippen LogP contribution in [0.25, 0.3) is 0 Å². The van der Waals surface area contributed by atoms with Crippen LogP contribution >= 0.6 is 0 Å². The van der Waals surface area contributed by atoms with Crippen molar-refractivity contribution < 1.29 is 9.47 Å². The molecule has 1 aliphatic rings. The van der Waals surface area contributed by atoms with E-state index in [1.54, 1.807) is 14.2 Å². The predicted molar refractivity (Wildman–Crippen MR) is 76.4 cm³/mol. The van der Waals surface area contributed by atoms with Crippen LogP contribution < -0.4 is 20.9 Å². The van der Waals surface area contributed by atoms with Gasteiger partial charge < -0.3 is 20.9 Å². The maximum absolute atomic E-state index is 6.42. The Kier molecular flexibility index (Phi) is 4.66. The Morgan fingerprint density at radius 3 is 2.37 bits per heavy atom. The summed E-state index contributed by atoms with van der Waals surface area (Å²) in [4.78, 5) is 0. The highest BCUT2D eigenvalue weighted by atomic mass is 16.5. The number of methoxy groups -OCH3 is 2. The lowest BCUT2D eigenvalue weighted by Crippen LogP contribution is -2.31. The largest absolute Gasteiger partial charge is 0.497 e. The Balaban J connectivity index is 2.16. The lowest BCUT2D eigenvalue weighted by Gasteiger charge is -2.31. The first-order valence-corrected chi connectivity index (χ1v) is 6.88. The average Bonchev–Trinajstić information content (AvgIpc) is 2.46. The maximum Gasteiger partial charge on any atom is 0.127 e. The van der Waals surface area contributed by atoms with Gasteiger partial charge in [0.1, 0.15) is 11.5 Å². The van der Waals surface area contributed by atoms with Crippen molar-refractivity contribution >= 4 is 0 Å². The summed E-state index contributed by atoms with van der Waals surface area (Å²) in [5, 5.41) is 0. The third kappa shape index (κ3) is 3.19. The van der Waals surface area contributed by atoms with E-state index in [0.717, 1.165) is 42.7 Å². The van der Waals surface area contributed by atoms with Gasteiger partial charge in [0, 0.05) is 23.7 Å². The fraction of sp³-hybridized carbons (Fsp3) is 0.600. The van der Waals surface area contributed by atoms with Crippen molar-refractivity contribution in [3.8, 4) is 11.5 Å². The van der Waals surface area contributed by atoms with Gasteiger partial charge in [0.15, 0.2) is 0 Å². The van der Waals surface area contributed by atoms with Crippen molar-refractivity contribution in [1.29, 1.82) is 0 Å². The van der Waals surface area contributed by atoms with Crippen molar-refractivity contribution in [2.45, 2.75) is 37.8 Å². The summed E-state index contributed by atoms with van der Waals surface area (Å²) in [6.45, 7) is 0. The predicted octanol–water partition coefficient (Wildman–Crippen LogP) is 2.22. The zero-order chi connectivity index (χ0) is 13.8. The van der Waals surface area contributed by atoms with Gasteiger partial charge >= 0.3 is 0 Å². The molecule has 1 saturated carbocycles. The molecule has 106 valence electrons. The van der Waals surface area contributed by atoms with Gasteiger partial charge in [0.25, 0.3) is 0 Å². The molecule has 2 rings (SSSR count). The molecule has 4 nitrogen and oxygen atoms in total. The lowest BCUT2D eigenvalue weighted by molar-refractivity contribution is 0.279. The van der Waals surface area contributed by atoms with Gasteiger partial charge in [-0.15, -0.1) is 0 Å². The third-order valence-electron chi connectivity index (χ3n) is 4.12. The Morgan fingerprint density at radius 1 is 1.11 bits per heavy atom. The Hall–Kier alpha value is -1.26. The molecule has 0 bridgehead atoms. The quantitative estimate of drug-likeness (QED) is 0.874. The molecule has 1 aromatic carbocycles. The van der Waals surface area contributed by atoms with Crippen LogP contribution in [-0.4, -0.2) is 20.3 Å². The van der Waals surface area contributed by atoms with Crippen molar-refractivity contribution in [3.05, 3.63) is 23.8 Å². The topological polar surface area (TPSA) is 70.5 Å². The molecule has 4 heteroatoms. The second-order valence-corrected chi connectivity index (χ2v) is 5.31. The first kappa shape index (κ1) is 14.2. The number of hydrogen-bond donors (Lipinski definition) is 2. The standard InChI is InChI=1S/C15H24N2O2/c1-18-12-7-8-13(14(9-12)19-2)15(17)10-3-5-11(16)6-4-10/h7-11,15H,3-6,16-17H2,1-2H3. The monoisotopic (exact) mass is 264 g/mol. The van der Waals surface area contributed by atoms with E-state index in [9.17, 15) is 0 Å². The van der Waals surface area contributed by atoms with Crippen LogP contribution in [0.1, 0.15) is 37.3 Å². The molecule has 0 saturated heterocycles. The molecule has 0 radical (unpaired) electrons. The second-order valence-electron chi connectivity index (χ2n) is 5.31. The zero-order valence-electron chi connectivity index (χ0n) is 11.8. The van der Waals surface area contributed by atoms with Gasteiger partial charge in [-0.2, -0.15) is 0 Å². The number of nitrogens with two attached hydrogens (primary N) is 2. The summed E-state index contributed by atoms with van der Waals surface area (Å²) < 4.78 is 10.6. The molecule has 0 aromatic heterocycles. The molecule has 0 amide bonds. The Bertz CT molecular complexity index is 415. The van der Waals surface area contributed by atoms with Crippen LogP contribution in [0.4, 0.5) is 0 Å². The van der Waals surface area contributed by atoms with Crippen LogP contribution in [0.2, 0.25) is 0 Å². The van der Waals surface area contributed by atoms with E-state index >= 15 is 0 Å². The number of benzene rings is 1. The highest BCUT2D eigenvalue weighted by Crippen LogP contribution is 2.37. The molecule has 1 fully saturated rings. The van der Waals surface area contributed by atoms with E-state index in [4.69, 9.17) is 20.9 Å². The second kappa shape index (κ2) is 6.26. The molecule has 0 spiro atoms. The van der Waals surface area contributed by atoms with Gasteiger partial charge in [-0.3, -0.25) is 0 Å². The van der Waals surface area contributed by atoms with Crippen molar-refractivity contribution in [2.24, 2.45) is 17.4 Å². The first-order chi connectivity index (χ1) is 9.15. The minimum Gasteiger partial charge on any atom is -0.497 e. The molecule has 1 atom stereocenters. The average molecular weight is 264 g/mol. The maximum atomic E-state index is 6.42. The summed E-state index contributed by atoms with van der Waals surface area (Å²) >= 11 is 0. The van der Waals surface area contributed by atoms with Crippen LogP contribution in [0.3, 0.4) is 0 Å². The van der Waals surface area contributed by atoms with Crippen molar-refractivity contribution in [2.75, 3.05) is 14.2 Å². The summed E-state index contributed by atoms with van der Waals surface area (Å²) in [6, 6.07) is 6.20. The van der Waals surface area contributed by atoms with Gasteiger partial charge in [-0.05, 0) is 37.7 Å². The normalized spacial score (nSPS) is 24.8. The molecule has 0 aliphatic heterocycles. The van der Waals surface area contributed by atoms with E-state index < -0.39 is 0 Å². The number of rotatable bonds is 4. The van der Waals surface area contributed by atoms with Crippen LogP contribution in [0.5, 0.6) is 11.5 Å². The van der Waals surface area contributed by atoms with Gasteiger partial charge in [-0.1, -0.05) is 6.07 Å². The first-order valence-electron chi connectivity index (χ1n) is 6.88. The van der Waals surface area contributed by atoms with Gasteiger partial charge in [-0.25, -0.2) is 0 Å². The summed E-state index contributed by atoms with van der Waals surface area (Å²) in [6.07, 6.45) is 4.32. The smallest absolute Gasteiger partial charge is 0.127 e. The number of ether oxygens (including phenoxy) is 2. The van der Waals surface area contributed by atoms with E-state index in [0.29, 0.717) is 12.0 Å². The molecular weight excluding hydrogens is 240 g/mol. The SMILES string of the molecule is COc1ccc(C(N)C2CCC(N)CC2)c(OC)c1. The van der Waals surface area contributed by atoms with E-state index in [1.165, 1.54) is 0 Å². The Morgan fingerprint density at radius 2 is 1.79 bits per heavy atom. The summed E-state index contributed by atoms with van der Waals surface area (Å²) in [7, 11) is 3.32. The molecule has 4 N–H and O–H groups in total. The van der Waals surface area contributed by atoms with Crippen LogP contribution in [0.15, 0.2) is 18.2 Å². The summed E-state index contributed by atoms with van der Waals surface area (Å²) in [5.41, 5.74) is 13.4. The number of hydrogen-bond acceptors (Lipinski definition) is 4. The van der Waals surface area contributed by atoms with Crippen molar-refractivity contribution in [3.63, 3.8) is 0 Å². The minimum absolute atomic E-state index is 0.00774. The minimum atomic E-state index is 0.00774. The molecule has 1 unspecified atom stereocenters. The third-order valence-corrected chi connectivity index (χ3v) is 4.12. The highest BCUT2D eigenvalue weighted by molar-refractivity contribution is 5.42. The molecular formula is C15H24N2O2. The van der Waals surface area contributed by atoms with E-state index in [-0.39, 0.29) is 6.04 Å². The van der Waals surface area contributed by atoms with Crippen LogP contribution in [-0.2, 0) is 0 Å². The van der Waals surface area contributed by atoms with Gasteiger partial charge in [0.2, 0.25) is 0 Å². The molecule has 0 heterocycles.